The van der Waals surface area contributed by atoms with E-state index in [1.165, 1.54) is 47.4 Å². The topological polar surface area (TPSA) is 103 Å². The predicted molar refractivity (Wildman–Crippen MR) is 113 cm³/mol. The number of anilines is 1. The van der Waals surface area contributed by atoms with Crippen LogP contribution in [-0.2, 0) is 11.3 Å². The van der Waals surface area contributed by atoms with E-state index in [1.54, 1.807) is 6.07 Å². The summed E-state index contributed by atoms with van der Waals surface area (Å²) in [5, 5.41) is -0.132. The van der Waals surface area contributed by atoms with Crippen molar-refractivity contribution in [2.75, 3.05) is 36.6 Å². The maximum atomic E-state index is 13.6. The molecule has 1 aromatic carbocycles. The molecular formula is C19H21ClFN3O5S. The maximum absolute atomic E-state index is 13.6. The molecule has 1 aromatic heterocycles. The lowest BCUT2D eigenvalue weighted by Gasteiger charge is -2.42. The van der Waals surface area contributed by atoms with E-state index >= 15 is 0 Å². The van der Waals surface area contributed by atoms with E-state index in [0.29, 0.717) is 11.4 Å². The summed E-state index contributed by atoms with van der Waals surface area (Å²) in [5.74, 6) is -0.939. The number of halogens is 2. The number of carbonyl (C=O) groups is 2. The van der Waals surface area contributed by atoms with Crippen LogP contribution in [-0.4, -0.2) is 62.7 Å². The standard InChI is InChI=1S/C19H21ClFN3O5S/c1-29-18(25)13-2-3-14(22-11-13)12-24(15-4-5-17(21)16(20)10-15)19(26)23-6-8-30(27,28)9-7-23/h2-5,10-11,27-28H,6-9,12H2,1H3. The fourth-order valence-corrected chi connectivity index (χ4v) is 4.33. The number of aromatic nitrogens is 1. The van der Waals surface area contributed by atoms with E-state index in [4.69, 9.17) is 11.6 Å². The van der Waals surface area contributed by atoms with Gasteiger partial charge in [0.1, 0.15) is 5.82 Å². The van der Waals surface area contributed by atoms with E-state index < -0.39 is 28.4 Å². The Morgan fingerprint density at radius 2 is 1.97 bits per heavy atom. The second-order valence-electron chi connectivity index (χ2n) is 6.69. The number of nitrogens with zero attached hydrogens (tertiary/aromatic N) is 3. The number of hydrogen-bond acceptors (Lipinski definition) is 6. The molecule has 0 aliphatic carbocycles. The number of rotatable bonds is 4. The third-order valence-corrected chi connectivity index (χ3v) is 6.62. The minimum atomic E-state index is -2.67. The molecule has 2 N–H and O–H groups in total. The van der Waals surface area contributed by atoms with Crippen molar-refractivity contribution in [3.05, 3.63) is 58.6 Å². The third kappa shape index (κ3) is 5.20. The number of methoxy groups -OCH3 is 1. The van der Waals surface area contributed by atoms with Crippen molar-refractivity contribution in [1.82, 2.24) is 9.88 Å². The van der Waals surface area contributed by atoms with E-state index in [-0.39, 0.29) is 41.7 Å². The van der Waals surface area contributed by atoms with Crippen molar-refractivity contribution < 1.29 is 27.8 Å². The maximum Gasteiger partial charge on any atom is 0.339 e. The Balaban J connectivity index is 1.86. The Morgan fingerprint density at radius 1 is 1.27 bits per heavy atom. The molecule has 2 heterocycles. The molecule has 30 heavy (non-hydrogen) atoms. The minimum absolute atomic E-state index is 0.0367. The number of esters is 1. The van der Waals surface area contributed by atoms with Crippen LogP contribution in [0.3, 0.4) is 0 Å². The van der Waals surface area contributed by atoms with Gasteiger partial charge in [-0.25, -0.2) is 14.0 Å². The smallest absolute Gasteiger partial charge is 0.339 e. The minimum Gasteiger partial charge on any atom is -0.465 e. The van der Waals surface area contributed by atoms with E-state index in [0.717, 1.165) is 0 Å². The van der Waals surface area contributed by atoms with Gasteiger partial charge in [-0.3, -0.25) is 19.0 Å². The summed E-state index contributed by atoms with van der Waals surface area (Å²) in [5.41, 5.74) is 1.12. The summed E-state index contributed by atoms with van der Waals surface area (Å²) in [6.45, 7) is 0.400. The monoisotopic (exact) mass is 457 g/mol. The highest BCUT2D eigenvalue weighted by molar-refractivity contribution is 8.24. The second-order valence-corrected chi connectivity index (χ2v) is 9.52. The molecule has 1 aliphatic rings. The molecule has 0 saturated carbocycles. The van der Waals surface area contributed by atoms with Gasteiger partial charge in [0.25, 0.3) is 0 Å². The van der Waals surface area contributed by atoms with Crippen LogP contribution in [0.5, 0.6) is 0 Å². The van der Waals surface area contributed by atoms with Crippen LogP contribution in [0.4, 0.5) is 14.9 Å². The molecular weight excluding hydrogens is 437 g/mol. The van der Waals surface area contributed by atoms with Crippen molar-refractivity contribution in [2.45, 2.75) is 6.54 Å². The summed E-state index contributed by atoms with van der Waals surface area (Å²) in [6, 6.07) is 6.66. The van der Waals surface area contributed by atoms with Gasteiger partial charge in [-0.2, -0.15) is 10.6 Å². The summed E-state index contributed by atoms with van der Waals surface area (Å²) < 4.78 is 37.9. The van der Waals surface area contributed by atoms with Gasteiger partial charge in [-0.05, 0) is 30.3 Å². The Kier molecular flexibility index (Phi) is 6.81. The number of pyridine rings is 1. The van der Waals surface area contributed by atoms with Gasteiger partial charge in [-0.15, -0.1) is 0 Å². The molecule has 0 unspecified atom stereocenters. The van der Waals surface area contributed by atoms with Gasteiger partial charge in [0.15, 0.2) is 0 Å². The Hall–Kier alpha value is -2.40. The number of carbonyl (C=O) groups excluding carboxylic acids is 2. The summed E-state index contributed by atoms with van der Waals surface area (Å²) in [6.07, 6.45) is 1.34. The molecule has 1 saturated heterocycles. The molecule has 162 valence electrons. The largest absolute Gasteiger partial charge is 0.465 e. The molecule has 0 bridgehead atoms. The molecule has 2 aromatic rings. The fraction of sp³-hybridized carbons (Fsp3) is 0.316. The van der Waals surface area contributed by atoms with Crippen LogP contribution in [0.25, 0.3) is 0 Å². The number of hydrogen-bond donors (Lipinski definition) is 2. The SMILES string of the molecule is COC(=O)c1ccc(CN(C(=O)N2CCS(O)(O)CC2)c2ccc(F)c(Cl)c2)nc1. The van der Waals surface area contributed by atoms with Crippen LogP contribution in [0, 0.1) is 5.82 Å². The lowest BCUT2D eigenvalue weighted by atomic mass is 10.2. The van der Waals surface area contributed by atoms with Crippen LogP contribution < -0.4 is 4.90 Å². The molecule has 2 amide bonds. The Bertz CT molecular complexity index is 934. The first kappa shape index (κ1) is 22.3. The Labute approximate surface area is 179 Å². The highest BCUT2D eigenvalue weighted by Crippen LogP contribution is 2.40. The van der Waals surface area contributed by atoms with Gasteiger partial charge < -0.3 is 9.64 Å². The van der Waals surface area contributed by atoms with Crippen molar-refractivity contribution in [1.29, 1.82) is 0 Å². The summed E-state index contributed by atoms with van der Waals surface area (Å²) in [4.78, 5) is 31.9. The quantitative estimate of drug-likeness (QED) is 0.676. The number of ether oxygens (including phenoxy) is 1. The highest BCUT2D eigenvalue weighted by atomic mass is 35.5. The normalized spacial score (nSPS) is 16.6. The van der Waals surface area contributed by atoms with Gasteiger partial charge >= 0.3 is 12.0 Å². The molecule has 0 radical (unpaired) electrons. The van der Waals surface area contributed by atoms with Gasteiger partial charge in [0, 0.05) is 25.0 Å². The zero-order chi connectivity index (χ0) is 21.9. The van der Waals surface area contributed by atoms with E-state index in [1.807, 2.05) is 0 Å². The summed E-state index contributed by atoms with van der Waals surface area (Å²) in [7, 11) is -1.40. The van der Waals surface area contributed by atoms with Crippen molar-refractivity contribution in [3.8, 4) is 0 Å². The van der Waals surface area contributed by atoms with Crippen LogP contribution in [0.2, 0.25) is 5.02 Å². The van der Waals surface area contributed by atoms with Crippen molar-refractivity contribution in [2.24, 2.45) is 0 Å². The van der Waals surface area contributed by atoms with Crippen molar-refractivity contribution in [3.63, 3.8) is 0 Å². The van der Waals surface area contributed by atoms with Gasteiger partial charge in [-0.1, -0.05) is 11.6 Å². The second kappa shape index (κ2) is 9.17. The molecule has 11 heteroatoms. The predicted octanol–water partition coefficient (Wildman–Crippen LogP) is 3.85. The third-order valence-electron chi connectivity index (χ3n) is 4.66. The van der Waals surface area contributed by atoms with E-state index in [9.17, 15) is 23.1 Å². The van der Waals surface area contributed by atoms with Crippen molar-refractivity contribution >= 4 is 39.9 Å². The van der Waals surface area contributed by atoms with Gasteiger partial charge in [0.05, 0.1) is 41.4 Å². The lowest BCUT2D eigenvalue weighted by molar-refractivity contribution is 0.0600. The first-order valence-corrected chi connectivity index (χ1v) is 11.2. The first-order chi connectivity index (χ1) is 14.2. The lowest BCUT2D eigenvalue weighted by Crippen LogP contribution is -2.48. The number of benzene rings is 1. The average molecular weight is 458 g/mol. The molecule has 0 atom stereocenters. The molecule has 0 spiro atoms. The van der Waals surface area contributed by atoms with Crippen LogP contribution in [0.1, 0.15) is 16.1 Å². The molecule has 1 fully saturated rings. The molecule has 8 nitrogen and oxygen atoms in total. The van der Waals surface area contributed by atoms with Gasteiger partial charge in [0.2, 0.25) is 0 Å². The zero-order valence-electron chi connectivity index (χ0n) is 16.1. The molecule has 3 rings (SSSR count). The fourth-order valence-electron chi connectivity index (χ4n) is 2.93. The first-order valence-electron chi connectivity index (χ1n) is 8.98. The number of amides is 2. The number of urea groups is 1. The zero-order valence-corrected chi connectivity index (χ0v) is 17.7. The van der Waals surface area contributed by atoms with E-state index in [2.05, 4.69) is 9.72 Å². The average Bonchev–Trinajstić information content (AvgIpc) is 2.73. The van der Waals surface area contributed by atoms with Crippen LogP contribution >= 0.6 is 22.2 Å². The summed E-state index contributed by atoms with van der Waals surface area (Å²) >= 11 is 5.90. The Morgan fingerprint density at radius 3 is 2.53 bits per heavy atom. The van der Waals surface area contributed by atoms with Crippen LogP contribution in [0.15, 0.2) is 36.5 Å². The molecule has 1 aliphatic heterocycles. The highest BCUT2D eigenvalue weighted by Gasteiger charge is 2.29.